The van der Waals surface area contributed by atoms with E-state index in [2.05, 4.69) is 41.4 Å². The molecule has 1 fully saturated rings. The topological polar surface area (TPSA) is 57.2 Å². The molecule has 1 aliphatic carbocycles. The van der Waals surface area contributed by atoms with Crippen LogP contribution in [0.5, 0.6) is 0 Å². The summed E-state index contributed by atoms with van der Waals surface area (Å²) in [5.74, 6) is 0.992. The van der Waals surface area contributed by atoms with Crippen LogP contribution in [0.25, 0.3) is 0 Å². The van der Waals surface area contributed by atoms with Gasteiger partial charge in [0.05, 0.1) is 12.6 Å². The van der Waals surface area contributed by atoms with E-state index in [0.717, 1.165) is 38.4 Å². The van der Waals surface area contributed by atoms with Gasteiger partial charge in [-0.2, -0.15) is 0 Å². The summed E-state index contributed by atoms with van der Waals surface area (Å²) in [7, 11) is 0. The lowest BCUT2D eigenvalue weighted by atomic mass is 9.87. The zero-order valence-electron chi connectivity index (χ0n) is 17.5. The fourth-order valence-electron chi connectivity index (χ4n) is 4.52. The molecule has 2 heterocycles. The number of benzene rings is 1. The minimum Gasteiger partial charge on any atom is -0.444 e. The molecule has 152 valence electrons. The van der Waals surface area contributed by atoms with Crippen molar-refractivity contribution in [3.05, 3.63) is 35.4 Å². The highest BCUT2D eigenvalue weighted by Crippen LogP contribution is 2.36. The number of nitrogens with one attached hydrogen (secondary N) is 1. The second-order valence-electron chi connectivity index (χ2n) is 9.72. The molecule has 1 atom stereocenters. The molecule has 1 saturated heterocycles. The van der Waals surface area contributed by atoms with E-state index < -0.39 is 5.60 Å². The molecule has 0 bridgehead atoms. The van der Waals surface area contributed by atoms with Gasteiger partial charge in [-0.25, -0.2) is 4.79 Å². The van der Waals surface area contributed by atoms with E-state index in [-0.39, 0.29) is 17.6 Å². The van der Waals surface area contributed by atoms with Crippen molar-refractivity contribution in [1.29, 1.82) is 0 Å². The van der Waals surface area contributed by atoms with Crippen molar-refractivity contribution in [2.45, 2.75) is 52.2 Å². The van der Waals surface area contributed by atoms with E-state index in [1.54, 1.807) is 0 Å². The van der Waals surface area contributed by atoms with Crippen LogP contribution in [0, 0.1) is 5.41 Å². The molecular formula is C22H32N4O2. The molecule has 1 aromatic rings. The average molecular weight is 385 g/mol. The number of guanidine groups is 1. The predicted molar refractivity (Wildman–Crippen MR) is 111 cm³/mol. The Bertz CT molecular complexity index is 758. The largest absolute Gasteiger partial charge is 0.444 e. The second kappa shape index (κ2) is 6.98. The second-order valence-corrected chi connectivity index (χ2v) is 9.72. The molecule has 6 nitrogen and oxygen atoms in total. The number of carbonyl (C=O) groups is 1. The highest BCUT2D eigenvalue weighted by atomic mass is 16.6. The number of aliphatic imine (C=N–C) groups is 1. The summed E-state index contributed by atoms with van der Waals surface area (Å²) in [5.41, 5.74) is 2.72. The lowest BCUT2D eigenvalue weighted by molar-refractivity contribution is 0.0137. The van der Waals surface area contributed by atoms with Crippen LogP contribution in [-0.2, 0) is 17.6 Å². The number of hydrogen-bond donors (Lipinski definition) is 1. The number of carbonyl (C=O) groups excluding carboxylic acids is 1. The lowest BCUT2D eigenvalue weighted by Crippen LogP contribution is -2.58. The maximum Gasteiger partial charge on any atom is 0.410 e. The predicted octanol–water partition coefficient (Wildman–Crippen LogP) is 2.67. The summed E-state index contributed by atoms with van der Waals surface area (Å²) in [6.07, 6.45) is 2.00. The van der Waals surface area contributed by atoms with Gasteiger partial charge in [-0.15, -0.1) is 0 Å². The molecule has 0 aromatic heterocycles. The average Bonchev–Trinajstić information content (AvgIpc) is 3.18. The molecule has 1 N–H and O–H groups in total. The van der Waals surface area contributed by atoms with Crippen molar-refractivity contribution in [3.8, 4) is 0 Å². The number of piperazine rings is 1. The van der Waals surface area contributed by atoms with Crippen molar-refractivity contribution in [1.82, 2.24) is 15.1 Å². The highest BCUT2D eigenvalue weighted by molar-refractivity contribution is 5.82. The fraction of sp³-hybridized carbons (Fsp3) is 0.636. The summed E-state index contributed by atoms with van der Waals surface area (Å²) in [5, 5.41) is 3.62. The molecule has 0 spiro atoms. The Labute approximate surface area is 167 Å². The number of amides is 1. The van der Waals surface area contributed by atoms with Gasteiger partial charge in [0.1, 0.15) is 5.60 Å². The molecule has 6 heteroatoms. The molecule has 1 unspecified atom stereocenters. The Morgan fingerprint density at radius 1 is 1.25 bits per heavy atom. The Morgan fingerprint density at radius 2 is 1.93 bits per heavy atom. The van der Waals surface area contributed by atoms with Crippen LogP contribution in [0.2, 0.25) is 0 Å². The van der Waals surface area contributed by atoms with E-state index in [4.69, 9.17) is 9.73 Å². The van der Waals surface area contributed by atoms with Gasteiger partial charge < -0.3 is 19.9 Å². The standard InChI is InChI=1S/C22H32N4O2/c1-21(2,3)28-20(27)25-9-10-26-18(14-25)13-23-19(26)24-15-22(4)11-16-7-5-6-8-17(16)12-22/h5-8,18H,9-15H2,1-4H3,(H,23,24). The van der Waals surface area contributed by atoms with Gasteiger partial charge in [-0.3, -0.25) is 4.99 Å². The van der Waals surface area contributed by atoms with Crippen molar-refractivity contribution >= 4 is 12.1 Å². The molecule has 1 amide bonds. The van der Waals surface area contributed by atoms with Gasteiger partial charge in [-0.1, -0.05) is 31.2 Å². The Balaban J connectivity index is 1.30. The van der Waals surface area contributed by atoms with E-state index in [1.165, 1.54) is 11.1 Å². The molecular weight excluding hydrogens is 352 g/mol. The van der Waals surface area contributed by atoms with Gasteiger partial charge >= 0.3 is 6.09 Å². The highest BCUT2D eigenvalue weighted by Gasteiger charge is 2.38. The Morgan fingerprint density at radius 3 is 2.57 bits per heavy atom. The molecule has 4 rings (SSSR count). The normalized spacial score (nSPS) is 23.1. The third-order valence-corrected chi connectivity index (χ3v) is 5.88. The monoisotopic (exact) mass is 384 g/mol. The van der Waals surface area contributed by atoms with Gasteiger partial charge in [0.15, 0.2) is 5.96 Å². The first-order valence-corrected chi connectivity index (χ1v) is 10.3. The minimum atomic E-state index is -0.457. The zero-order valence-corrected chi connectivity index (χ0v) is 17.5. The van der Waals surface area contributed by atoms with Gasteiger partial charge in [0.2, 0.25) is 0 Å². The van der Waals surface area contributed by atoms with Crippen LogP contribution in [0.15, 0.2) is 29.3 Å². The van der Waals surface area contributed by atoms with Crippen LogP contribution in [0.4, 0.5) is 4.79 Å². The SMILES string of the molecule is CC1(CNC2=NCC3CN(C(=O)OC(C)(C)C)CCN23)Cc2ccccc2C1. The zero-order chi connectivity index (χ0) is 19.9. The third kappa shape index (κ3) is 3.96. The fourth-order valence-corrected chi connectivity index (χ4v) is 4.52. The van der Waals surface area contributed by atoms with Crippen molar-refractivity contribution in [2.75, 3.05) is 32.7 Å². The number of ether oxygens (including phenoxy) is 1. The molecule has 1 aromatic carbocycles. The lowest BCUT2D eigenvalue weighted by Gasteiger charge is -2.39. The summed E-state index contributed by atoms with van der Waals surface area (Å²) in [4.78, 5) is 21.3. The van der Waals surface area contributed by atoms with Crippen LogP contribution in [-0.4, -0.2) is 66.2 Å². The maximum absolute atomic E-state index is 12.4. The number of nitrogens with zero attached hydrogens (tertiary/aromatic N) is 3. The van der Waals surface area contributed by atoms with Gasteiger partial charge in [0.25, 0.3) is 0 Å². The maximum atomic E-state index is 12.4. The minimum absolute atomic E-state index is 0.218. The summed E-state index contributed by atoms with van der Waals surface area (Å²) < 4.78 is 5.53. The molecule has 3 aliphatic rings. The number of fused-ring (bicyclic) bond motifs is 2. The van der Waals surface area contributed by atoms with E-state index in [0.29, 0.717) is 13.1 Å². The molecule has 0 saturated carbocycles. The number of rotatable bonds is 2. The summed E-state index contributed by atoms with van der Waals surface area (Å²) >= 11 is 0. The Hall–Kier alpha value is -2.24. The van der Waals surface area contributed by atoms with E-state index >= 15 is 0 Å². The molecule has 2 aliphatic heterocycles. The smallest absolute Gasteiger partial charge is 0.410 e. The van der Waals surface area contributed by atoms with Crippen LogP contribution in [0.3, 0.4) is 0 Å². The van der Waals surface area contributed by atoms with Crippen molar-refractivity contribution < 1.29 is 9.53 Å². The Kier molecular flexibility index (Phi) is 4.76. The molecule has 28 heavy (non-hydrogen) atoms. The van der Waals surface area contributed by atoms with Gasteiger partial charge in [-0.05, 0) is 50.2 Å². The van der Waals surface area contributed by atoms with Crippen molar-refractivity contribution in [3.63, 3.8) is 0 Å². The van der Waals surface area contributed by atoms with Gasteiger partial charge in [0, 0.05) is 26.2 Å². The first-order chi connectivity index (χ1) is 13.2. The van der Waals surface area contributed by atoms with E-state index in [1.807, 2.05) is 25.7 Å². The van der Waals surface area contributed by atoms with Crippen LogP contribution >= 0.6 is 0 Å². The summed E-state index contributed by atoms with van der Waals surface area (Å²) in [6, 6.07) is 9.01. The number of hydrogen-bond acceptors (Lipinski definition) is 5. The quantitative estimate of drug-likeness (QED) is 0.852. The van der Waals surface area contributed by atoms with Crippen molar-refractivity contribution in [2.24, 2.45) is 10.4 Å². The first-order valence-electron chi connectivity index (χ1n) is 10.3. The summed E-state index contributed by atoms with van der Waals surface area (Å²) in [6.45, 7) is 11.9. The van der Waals surface area contributed by atoms with Crippen LogP contribution in [0.1, 0.15) is 38.8 Å². The first kappa shape index (κ1) is 19.1. The third-order valence-electron chi connectivity index (χ3n) is 5.88. The van der Waals surface area contributed by atoms with Crippen LogP contribution < -0.4 is 5.32 Å². The van der Waals surface area contributed by atoms with E-state index in [9.17, 15) is 4.79 Å². The molecule has 0 radical (unpaired) electrons.